The highest BCUT2D eigenvalue weighted by atomic mass is 35.5. The highest BCUT2D eigenvalue weighted by Gasteiger charge is 2.11. The van der Waals surface area contributed by atoms with E-state index in [1.807, 2.05) is 0 Å². The molecule has 0 radical (unpaired) electrons. The number of carbonyl (C=O) groups is 1. The molecule has 0 spiro atoms. The van der Waals surface area contributed by atoms with Gasteiger partial charge in [-0.2, -0.15) is 0 Å². The van der Waals surface area contributed by atoms with Gasteiger partial charge in [-0.25, -0.2) is 0 Å². The Morgan fingerprint density at radius 1 is 1.45 bits per heavy atom. The van der Waals surface area contributed by atoms with Gasteiger partial charge < -0.3 is 20.5 Å². The first-order valence-corrected chi connectivity index (χ1v) is 6.84. The van der Waals surface area contributed by atoms with Gasteiger partial charge in [0.05, 0.1) is 19.8 Å². The highest BCUT2D eigenvalue weighted by Crippen LogP contribution is 2.21. The first kappa shape index (κ1) is 17.2. The SMILES string of the molecule is COCC(N)C(=O)NCCOCc1ccc(Cl)cc1Cl. The fourth-order valence-corrected chi connectivity index (χ4v) is 1.92. The van der Waals surface area contributed by atoms with E-state index in [1.54, 1.807) is 18.2 Å². The van der Waals surface area contributed by atoms with Gasteiger partial charge >= 0.3 is 0 Å². The van der Waals surface area contributed by atoms with E-state index < -0.39 is 6.04 Å². The zero-order valence-corrected chi connectivity index (χ0v) is 12.7. The summed E-state index contributed by atoms with van der Waals surface area (Å²) in [5, 5.41) is 3.79. The Bertz CT molecular complexity index is 444. The Hall–Kier alpha value is -0.850. The molecule has 5 nitrogen and oxygen atoms in total. The molecular weight excluding hydrogens is 303 g/mol. The topological polar surface area (TPSA) is 73.6 Å². The lowest BCUT2D eigenvalue weighted by molar-refractivity contribution is -0.123. The number of methoxy groups -OCH3 is 1. The van der Waals surface area contributed by atoms with Gasteiger partial charge in [0.1, 0.15) is 6.04 Å². The number of carbonyl (C=O) groups excluding carboxylic acids is 1. The molecule has 3 N–H and O–H groups in total. The average Bonchev–Trinajstić information content (AvgIpc) is 2.40. The Kier molecular flexibility index (Phi) is 7.87. The van der Waals surface area contributed by atoms with Crippen LogP contribution in [0.15, 0.2) is 18.2 Å². The second-order valence-electron chi connectivity index (χ2n) is 4.14. The normalized spacial score (nSPS) is 12.2. The summed E-state index contributed by atoms with van der Waals surface area (Å²) in [6.07, 6.45) is 0. The van der Waals surface area contributed by atoms with E-state index in [9.17, 15) is 4.79 Å². The van der Waals surface area contributed by atoms with Crippen molar-refractivity contribution in [1.82, 2.24) is 5.32 Å². The zero-order chi connectivity index (χ0) is 15.0. The third-order valence-electron chi connectivity index (χ3n) is 2.50. The molecule has 1 rings (SSSR count). The van der Waals surface area contributed by atoms with E-state index in [-0.39, 0.29) is 12.5 Å². The van der Waals surface area contributed by atoms with Crippen molar-refractivity contribution in [1.29, 1.82) is 0 Å². The molecule has 1 amide bonds. The van der Waals surface area contributed by atoms with Crippen LogP contribution >= 0.6 is 23.2 Å². The summed E-state index contributed by atoms with van der Waals surface area (Å²) in [5.41, 5.74) is 6.41. The number of nitrogens with one attached hydrogen (secondary N) is 1. The molecule has 0 bridgehead atoms. The quantitative estimate of drug-likeness (QED) is 0.713. The first-order valence-electron chi connectivity index (χ1n) is 6.08. The maximum atomic E-state index is 11.5. The van der Waals surface area contributed by atoms with Crippen LogP contribution in [0.2, 0.25) is 10.0 Å². The van der Waals surface area contributed by atoms with Crippen molar-refractivity contribution in [2.75, 3.05) is 26.9 Å². The predicted octanol–water partition coefficient (Wildman–Crippen LogP) is 1.60. The van der Waals surface area contributed by atoms with Crippen molar-refractivity contribution in [2.45, 2.75) is 12.6 Å². The lowest BCUT2D eigenvalue weighted by atomic mass is 10.2. The third-order valence-corrected chi connectivity index (χ3v) is 3.09. The monoisotopic (exact) mass is 320 g/mol. The van der Waals surface area contributed by atoms with Crippen LogP contribution in [0.25, 0.3) is 0 Å². The minimum Gasteiger partial charge on any atom is -0.383 e. The maximum absolute atomic E-state index is 11.5. The minimum atomic E-state index is -0.661. The molecular formula is C13H18Cl2N2O3. The van der Waals surface area contributed by atoms with Crippen molar-refractivity contribution in [3.05, 3.63) is 33.8 Å². The summed E-state index contributed by atoms with van der Waals surface area (Å²) < 4.78 is 10.2. The zero-order valence-electron chi connectivity index (χ0n) is 11.2. The molecule has 7 heteroatoms. The third kappa shape index (κ3) is 6.07. The van der Waals surface area contributed by atoms with E-state index in [1.165, 1.54) is 7.11 Å². The molecule has 0 aromatic heterocycles. The average molecular weight is 321 g/mol. The molecule has 112 valence electrons. The van der Waals surface area contributed by atoms with Gasteiger partial charge in [-0.15, -0.1) is 0 Å². The largest absolute Gasteiger partial charge is 0.383 e. The van der Waals surface area contributed by atoms with E-state index in [0.717, 1.165) is 5.56 Å². The number of rotatable bonds is 8. The van der Waals surface area contributed by atoms with E-state index in [4.69, 9.17) is 38.4 Å². The molecule has 0 aliphatic rings. The van der Waals surface area contributed by atoms with Gasteiger partial charge in [0.15, 0.2) is 0 Å². The molecule has 1 aromatic carbocycles. The Labute approximate surface area is 128 Å². The van der Waals surface area contributed by atoms with Crippen LogP contribution in [0, 0.1) is 0 Å². The molecule has 0 saturated heterocycles. The summed E-state index contributed by atoms with van der Waals surface area (Å²) >= 11 is 11.8. The van der Waals surface area contributed by atoms with E-state index >= 15 is 0 Å². The number of benzene rings is 1. The number of hydrogen-bond donors (Lipinski definition) is 2. The standard InChI is InChI=1S/C13H18Cl2N2O3/c1-19-8-12(16)13(18)17-4-5-20-7-9-2-3-10(14)6-11(9)15/h2-3,6,12H,4-5,7-8,16H2,1H3,(H,17,18). The lowest BCUT2D eigenvalue weighted by Crippen LogP contribution is -2.44. The highest BCUT2D eigenvalue weighted by molar-refractivity contribution is 6.35. The number of ether oxygens (including phenoxy) is 2. The van der Waals surface area contributed by atoms with Crippen molar-refractivity contribution >= 4 is 29.1 Å². The predicted molar refractivity (Wildman–Crippen MR) is 79.0 cm³/mol. The Morgan fingerprint density at radius 3 is 2.85 bits per heavy atom. The summed E-state index contributed by atoms with van der Waals surface area (Å²) in [6, 6.07) is 4.55. The molecule has 1 unspecified atom stereocenters. The summed E-state index contributed by atoms with van der Waals surface area (Å²) in [5.74, 6) is -0.264. The van der Waals surface area contributed by atoms with Crippen molar-refractivity contribution in [3.8, 4) is 0 Å². The fourth-order valence-electron chi connectivity index (χ4n) is 1.45. The van der Waals surface area contributed by atoms with Gasteiger partial charge in [-0.1, -0.05) is 29.3 Å². The van der Waals surface area contributed by atoms with E-state index in [0.29, 0.717) is 29.8 Å². The van der Waals surface area contributed by atoms with Crippen LogP contribution in [0.4, 0.5) is 0 Å². The number of nitrogens with two attached hydrogens (primary N) is 1. The van der Waals surface area contributed by atoms with Gasteiger partial charge in [0, 0.05) is 23.7 Å². The van der Waals surface area contributed by atoms with Gasteiger partial charge in [-0.05, 0) is 17.7 Å². The van der Waals surface area contributed by atoms with Crippen LogP contribution in [-0.2, 0) is 20.9 Å². The van der Waals surface area contributed by atoms with Gasteiger partial charge in [-0.3, -0.25) is 4.79 Å². The van der Waals surface area contributed by atoms with E-state index in [2.05, 4.69) is 5.32 Å². The molecule has 1 atom stereocenters. The van der Waals surface area contributed by atoms with Gasteiger partial charge in [0.25, 0.3) is 0 Å². The lowest BCUT2D eigenvalue weighted by Gasteiger charge is -2.11. The molecule has 0 fully saturated rings. The summed E-state index contributed by atoms with van der Waals surface area (Å²) in [4.78, 5) is 11.5. The van der Waals surface area contributed by atoms with Crippen LogP contribution < -0.4 is 11.1 Å². The maximum Gasteiger partial charge on any atom is 0.239 e. The van der Waals surface area contributed by atoms with Crippen LogP contribution in [0.1, 0.15) is 5.56 Å². The van der Waals surface area contributed by atoms with Gasteiger partial charge in [0.2, 0.25) is 5.91 Å². The first-order chi connectivity index (χ1) is 9.54. The summed E-state index contributed by atoms with van der Waals surface area (Å²) in [7, 11) is 1.49. The Balaban J connectivity index is 2.20. The summed E-state index contributed by atoms with van der Waals surface area (Å²) in [6.45, 7) is 1.29. The molecule has 0 heterocycles. The number of hydrogen-bond acceptors (Lipinski definition) is 4. The van der Waals surface area contributed by atoms with Crippen LogP contribution in [0.5, 0.6) is 0 Å². The smallest absolute Gasteiger partial charge is 0.239 e. The van der Waals surface area contributed by atoms with Crippen LogP contribution in [0.3, 0.4) is 0 Å². The molecule has 1 aromatic rings. The second-order valence-corrected chi connectivity index (χ2v) is 4.98. The number of halogens is 2. The van der Waals surface area contributed by atoms with Crippen molar-refractivity contribution in [2.24, 2.45) is 5.73 Å². The fraction of sp³-hybridized carbons (Fsp3) is 0.462. The molecule has 0 aliphatic heterocycles. The Morgan fingerprint density at radius 2 is 2.20 bits per heavy atom. The molecule has 0 aliphatic carbocycles. The van der Waals surface area contributed by atoms with Crippen LogP contribution in [-0.4, -0.2) is 38.8 Å². The van der Waals surface area contributed by atoms with Crippen molar-refractivity contribution in [3.63, 3.8) is 0 Å². The molecule has 0 saturated carbocycles. The minimum absolute atomic E-state index is 0.188. The number of amides is 1. The van der Waals surface area contributed by atoms with Crippen molar-refractivity contribution < 1.29 is 14.3 Å². The molecule has 20 heavy (non-hydrogen) atoms. The second kappa shape index (κ2) is 9.15.